The number of aromatic nitrogens is 3. The topological polar surface area (TPSA) is 14.8 Å². The number of hydrogen-bond donors (Lipinski definition) is 0. The first-order valence-corrected chi connectivity index (χ1v) is 40.7. The van der Waals surface area contributed by atoms with Crippen LogP contribution in [0.1, 0.15) is 94.2 Å². The molecular formula is C108H82BrN3. The van der Waals surface area contributed by atoms with Crippen LogP contribution in [0, 0.1) is 0 Å². The van der Waals surface area contributed by atoms with Gasteiger partial charge in [0.25, 0.3) is 0 Å². The van der Waals surface area contributed by atoms with Gasteiger partial charge in [0.1, 0.15) is 0 Å². The number of nitrogens with zero attached hydrogens (tertiary/aromatic N) is 3. The van der Waals surface area contributed by atoms with Gasteiger partial charge >= 0.3 is 0 Å². The molecule has 112 heavy (non-hydrogen) atoms. The number of halogens is 1. The first kappa shape index (κ1) is 67.5. The second-order valence-electron chi connectivity index (χ2n) is 32.1. The van der Waals surface area contributed by atoms with Gasteiger partial charge in [0, 0.05) is 64.7 Å². The molecule has 18 aromatic carbocycles. The highest BCUT2D eigenvalue weighted by molar-refractivity contribution is 9.10. The van der Waals surface area contributed by atoms with E-state index in [0.717, 1.165) is 22.3 Å². The zero-order valence-corrected chi connectivity index (χ0v) is 65.5. The van der Waals surface area contributed by atoms with Crippen LogP contribution in [0.2, 0.25) is 0 Å². The molecule has 0 fully saturated rings. The van der Waals surface area contributed by atoms with Crippen LogP contribution in [-0.4, -0.2) is 13.7 Å². The van der Waals surface area contributed by atoms with Crippen LogP contribution in [0.25, 0.3) is 180 Å². The number of rotatable bonds is 5. The van der Waals surface area contributed by atoms with E-state index >= 15 is 0 Å². The largest absolute Gasteiger partial charge is 0.309 e. The number of fused-ring (bicyclic) bond motifs is 30. The molecule has 3 aliphatic carbocycles. The summed E-state index contributed by atoms with van der Waals surface area (Å²) in [5.41, 5.74) is 27.8. The Bertz CT molecular complexity index is 7390. The zero-order valence-electron chi connectivity index (χ0n) is 63.9. The predicted octanol–water partition coefficient (Wildman–Crippen LogP) is 30.4. The van der Waals surface area contributed by atoms with E-state index in [1.165, 1.54) is 222 Å². The Hall–Kier alpha value is -12.6. The standard InChI is InChI=1S/C51H34N2.C34H24.C18H12BrN.C5H12/c1-51(2)45-23-10-7-20-37(45)42-28-44-43-27-40-35-18-5-3-16-33(35)34-17-4-6-19-36(34)41(40)29-49(43)53(50(44)30-46(42)51)32-15-13-14-31(26-32)52-47-24-11-8-21-38(47)39-22-9-12-25-48(39)52;1-34(2)32-14-8-7-13-26(32)31-19-28-21(17-33(31)34)15-20-16-29-24-11-5-3-9-22(24)23-10-4-6-12-25(23)30(29)18-27(20)28;19-13-6-5-7-14(12-13)20-17-10-3-1-8-15(17)16-9-2-4-11-18(16)20;1-3-5-4-2/h3-30H,1-2H3;3-14,16-19H,15H2,1-2H3;1-12H;3-5H2,1-2H3. The fourth-order valence-electron chi connectivity index (χ4n) is 19.8. The van der Waals surface area contributed by atoms with Gasteiger partial charge < -0.3 is 13.7 Å². The molecule has 3 heterocycles. The molecule has 0 aliphatic heterocycles. The highest BCUT2D eigenvalue weighted by atomic mass is 79.9. The van der Waals surface area contributed by atoms with E-state index in [0.29, 0.717) is 0 Å². The fourth-order valence-corrected chi connectivity index (χ4v) is 20.2. The summed E-state index contributed by atoms with van der Waals surface area (Å²) in [4.78, 5) is 0. The van der Waals surface area contributed by atoms with Crippen molar-refractivity contribution in [3.05, 3.63) is 378 Å². The molecule has 21 aromatic rings. The van der Waals surface area contributed by atoms with Gasteiger partial charge in [-0.3, -0.25) is 0 Å². The Morgan fingerprint density at radius 3 is 1.01 bits per heavy atom. The predicted molar refractivity (Wildman–Crippen MR) is 484 cm³/mol. The lowest BCUT2D eigenvalue weighted by Crippen LogP contribution is -2.15. The third kappa shape index (κ3) is 10.4. The number of hydrogen-bond acceptors (Lipinski definition) is 0. The first-order valence-electron chi connectivity index (χ1n) is 39.9. The summed E-state index contributed by atoms with van der Waals surface area (Å²) in [7, 11) is 0. The quantitative estimate of drug-likeness (QED) is 0.153. The molecule has 0 bridgehead atoms. The van der Waals surface area contributed by atoms with E-state index in [2.05, 4.69) is 411 Å². The lowest BCUT2D eigenvalue weighted by Gasteiger charge is -2.22. The van der Waals surface area contributed by atoms with Crippen molar-refractivity contribution in [2.24, 2.45) is 0 Å². The van der Waals surface area contributed by atoms with Crippen molar-refractivity contribution in [1.29, 1.82) is 0 Å². The number of para-hydroxylation sites is 4. The highest BCUT2D eigenvalue weighted by Crippen LogP contribution is 2.55. The Balaban J connectivity index is 0.000000114. The van der Waals surface area contributed by atoms with Gasteiger partial charge in [-0.1, -0.05) is 313 Å². The molecule has 0 amide bonds. The number of benzene rings is 18. The van der Waals surface area contributed by atoms with Gasteiger partial charge in [0.05, 0.1) is 33.1 Å². The SMILES string of the molecule is Brc1cccc(-n2c3ccccc3c3ccccc32)c1.CC1(C)c2ccccc2-c2cc3c(cc21)Cc1cc2c4ccccc4c4ccccc4c2cc1-3.CC1(C)c2ccccc2-c2cc3c4cc5c6ccccc6c6ccccc6c5cc4n(-c4cccc(-n5c6ccccc6c6ccccc65)c4)c3cc21.CCCCC. The second kappa shape index (κ2) is 26.3. The van der Waals surface area contributed by atoms with Gasteiger partial charge in [-0.25, -0.2) is 0 Å². The molecular weight excluding hydrogens is 1420 g/mol. The summed E-state index contributed by atoms with van der Waals surface area (Å²) in [6, 6.07) is 126. The van der Waals surface area contributed by atoms with E-state index in [9.17, 15) is 0 Å². The molecule has 0 saturated heterocycles. The van der Waals surface area contributed by atoms with Crippen molar-refractivity contribution in [1.82, 2.24) is 13.7 Å². The lowest BCUT2D eigenvalue weighted by atomic mass is 9.81. The maximum atomic E-state index is 3.56. The molecule has 0 unspecified atom stereocenters. The summed E-state index contributed by atoms with van der Waals surface area (Å²) in [6.07, 6.45) is 5.09. The third-order valence-corrected chi connectivity index (χ3v) is 25.6. The Labute approximate surface area is 661 Å². The van der Waals surface area contributed by atoms with Crippen molar-refractivity contribution < 1.29 is 0 Å². The highest BCUT2D eigenvalue weighted by Gasteiger charge is 2.39. The van der Waals surface area contributed by atoms with Crippen LogP contribution in [0.5, 0.6) is 0 Å². The van der Waals surface area contributed by atoms with Crippen molar-refractivity contribution >= 4 is 146 Å². The van der Waals surface area contributed by atoms with E-state index in [-0.39, 0.29) is 10.8 Å². The molecule has 0 atom stereocenters. The van der Waals surface area contributed by atoms with Gasteiger partial charge in [-0.2, -0.15) is 0 Å². The van der Waals surface area contributed by atoms with E-state index in [4.69, 9.17) is 0 Å². The molecule has 0 radical (unpaired) electrons. The van der Waals surface area contributed by atoms with E-state index in [1.807, 2.05) is 0 Å². The number of unbranched alkanes of at least 4 members (excludes halogenated alkanes) is 2. The summed E-state index contributed by atoms with van der Waals surface area (Å²) < 4.78 is 8.37. The molecule has 0 N–H and O–H groups in total. The Morgan fingerprint density at radius 2 is 0.554 bits per heavy atom. The summed E-state index contributed by atoms with van der Waals surface area (Å²) in [6.45, 7) is 13.9. The van der Waals surface area contributed by atoms with Crippen molar-refractivity contribution in [2.45, 2.75) is 78.1 Å². The molecule has 3 aliphatic rings. The summed E-state index contributed by atoms with van der Waals surface area (Å²) >= 11 is 3.56. The lowest BCUT2D eigenvalue weighted by molar-refractivity contribution is 0.659. The minimum Gasteiger partial charge on any atom is -0.309 e. The van der Waals surface area contributed by atoms with Crippen LogP contribution >= 0.6 is 15.9 Å². The minimum atomic E-state index is -0.108. The maximum Gasteiger partial charge on any atom is 0.0547 e. The molecule has 3 nitrogen and oxygen atoms in total. The maximum absolute atomic E-state index is 3.56. The molecule has 24 rings (SSSR count). The average molecular weight is 1500 g/mol. The van der Waals surface area contributed by atoms with Gasteiger partial charge in [-0.15, -0.1) is 0 Å². The van der Waals surface area contributed by atoms with Crippen LogP contribution in [0.3, 0.4) is 0 Å². The fraction of sp³-hybridized carbons (Fsp3) is 0.111. The first-order chi connectivity index (χ1) is 54.9. The monoisotopic (exact) mass is 1500 g/mol. The van der Waals surface area contributed by atoms with E-state index in [1.54, 1.807) is 0 Å². The average Bonchev–Trinajstić information content (AvgIpc) is 1.58. The van der Waals surface area contributed by atoms with Crippen LogP contribution in [-0.2, 0) is 17.3 Å². The van der Waals surface area contributed by atoms with Gasteiger partial charge in [0.15, 0.2) is 0 Å². The van der Waals surface area contributed by atoms with Crippen molar-refractivity contribution in [2.75, 3.05) is 0 Å². The van der Waals surface area contributed by atoms with Crippen LogP contribution in [0.15, 0.2) is 344 Å². The van der Waals surface area contributed by atoms with E-state index < -0.39 is 0 Å². The molecule has 0 spiro atoms. The van der Waals surface area contributed by atoms with Crippen molar-refractivity contribution in [3.8, 4) is 50.4 Å². The van der Waals surface area contributed by atoms with Gasteiger partial charge in [0.2, 0.25) is 0 Å². The van der Waals surface area contributed by atoms with Gasteiger partial charge in [-0.05, 0) is 241 Å². The summed E-state index contributed by atoms with van der Waals surface area (Å²) in [5.74, 6) is 0. The zero-order chi connectivity index (χ0) is 75.3. The Morgan fingerprint density at radius 1 is 0.232 bits per heavy atom. The molecule has 536 valence electrons. The smallest absolute Gasteiger partial charge is 0.0547 e. The van der Waals surface area contributed by atoms with Crippen LogP contribution in [0.4, 0.5) is 0 Å². The third-order valence-electron chi connectivity index (χ3n) is 25.1. The minimum absolute atomic E-state index is 0.0485. The second-order valence-corrected chi connectivity index (χ2v) is 33.0. The summed E-state index contributed by atoms with van der Waals surface area (Å²) in [5, 5.41) is 23.6. The molecule has 3 aromatic heterocycles. The molecule has 4 heteroatoms. The van der Waals surface area contributed by atoms with Crippen molar-refractivity contribution in [3.63, 3.8) is 0 Å². The molecule has 0 saturated carbocycles. The Kier molecular flexibility index (Phi) is 15.9. The van der Waals surface area contributed by atoms with Crippen LogP contribution < -0.4 is 0 Å². The normalized spacial score (nSPS) is 13.3.